The van der Waals surface area contributed by atoms with Gasteiger partial charge in [-0.15, -0.1) is 5.11 Å². The molecule has 358 valence electrons. The van der Waals surface area contributed by atoms with E-state index in [-0.39, 0.29) is 67.6 Å². The van der Waals surface area contributed by atoms with E-state index in [0.717, 1.165) is 40.7 Å². The Bertz CT molecular complexity index is 2320. The van der Waals surface area contributed by atoms with Gasteiger partial charge >= 0.3 is 12.2 Å². The minimum atomic E-state index is -0.747. The van der Waals surface area contributed by atoms with Crippen molar-refractivity contribution in [3.8, 4) is 11.1 Å². The molecule has 1 heterocycles. The fourth-order valence-corrected chi connectivity index (χ4v) is 7.68. The van der Waals surface area contributed by atoms with Gasteiger partial charge in [-0.2, -0.15) is 5.11 Å². The molecule has 1 aliphatic carbocycles. The van der Waals surface area contributed by atoms with Crippen LogP contribution < -0.4 is 26.6 Å². The highest BCUT2D eigenvalue weighted by atomic mass is 16.6. The molecule has 0 spiro atoms. The number of aliphatic imine (C=N–C) groups is 1. The number of amidine groups is 1. The number of aryl methyl sites for hydroxylation is 1. The molecule has 67 heavy (non-hydrogen) atoms. The fraction of sp³-hybridized carbons (Fsp3) is 0.480. The average Bonchev–Trinajstić information content (AvgIpc) is 3.81. The second-order valence-corrected chi connectivity index (χ2v) is 19.0. The van der Waals surface area contributed by atoms with Crippen LogP contribution in [0.5, 0.6) is 0 Å². The van der Waals surface area contributed by atoms with Gasteiger partial charge in [-0.25, -0.2) is 14.6 Å². The van der Waals surface area contributed by atoms with Gasteiger partial charge in [-0.05, 0) is 145 Å². The quantitative estimate of drug-likeness (QED) is 0.0786. The minimum Gasteiger partial charge on any atom is -0.444 e. The van der Waals surface area contributed by atoms with E-state index in [2.05, 4.69) is 41.8 Å². The van der Waals surface area contributed by atoms with Gasteiger partial charge in [0.2, 0.25) is 17.7 Å². The van der Waals surface area contributed by atoms with E-state index in [9.17, 15) is 33.6 Å². The van der Waals surface area contributed by atoms with Crippen LogP contribution in [0.2, 0.25) is 0 Å². The smallest absolute Gasteiger partial charge is 0.408 e. The topological polar surface area (TPSA) is 235 Å². The highest BCUT2D eigenvalue weighted by Gasteiger charge is 2.31. The van der Waals surface area contributed by atoms with E-state index in [0.29, 0.717) is 49.7 Å². The lowest BCUT2D eigenvalue weighted by molar-refractivity contribution is -0.129. The van der Waals surface area contributed by atoms with Gasteiger partial charge < -0.3 is 36.1 Å². The number of rotatable bonds is 19. The number of ketones is 2. The van der Waals surface area contributed by atoms with Crippen LogP contribution in [0, 0.1) is 24.7 Å². The number of ether oxygens (including phenoxy) is 2. The molecule has 1 aliphatic heterocycles. The largest absolute Gasteiger partial charge is 0.444 e. The highest BCUT2D eigenvalue weighted by molar-refractivity contribution is 6.01. The lowest BCUT2D eigenvalue weighted by Gasteiger charge is -2.29. The van der Waals surface area contributed by atoms with Crippen molar-refractivity contribution in [3.63, 3.8) is 0 Å². The Balaban J connectivity index is 1.15. The molecule has 17 heteroatoms. The van der Waals surface area contributed by atoms with Gasteiger partial charge in [0.15, 0.2) is 18.3 Å². The standard InChI is InChI=1S/C50H64N8O9/c1-31-24-39(56-43(61)23-21-40(59)28-51-44(62)29-53-48(65)67-50(5,6)7)20-22-41(31)34-12-8-32(9-13-34)25-37(46(63)57-38-18-16-36(17-19-38)45-54-30-55-58-45)26-42(60)35-14-10-33(11-15-35)27-52-47(64)66-49(2,3)4/h8-9,12-13,16-20,22,24,33,35,37H,10-11,14-15,21,23,25-30H2,1-7H3,(H,51,62)(H,52,64)(H,53,65)(H,56,61)(H,57,63)/t33?,35?,37-/m1/s1. The molecule has 0 aromatic heterocycles. The number of alkyl carbamates (subject to hydrolysis) is 2. The first-order valence-electron chi connectivity index (χ1n) is 22.8. The number of carbonyl (C=O) groups excluding carboxylic acids is 7. The van der Waals surface area contributed by atoms with E-state index in [1.807, 2.05) is 76.2 Å². The van der Waals surface area contributed by atoms with Crippen LogP contribution in [0.1, 0.15) is 103 Å². The van der Waals surface area contributed by atoms with Crippen molar-refractivity contribution in [2.24, 2.45) is 33.0 Å². The third kappa shape index (κ3) is 17.5. The predicted octanol–water partition coefficient (Wildman–Crippen LogP) is 7.85. The van der Waals surface area contributed by atoms with E-state index < -0.39 is 35.2 Å². The third-order valence-corrected chi connectivity index (χ3v) is 11.1. The summed E-state index contributed by atoms with van der Waals surface area (Å²) in [7, 11) is 0. The summed E-state index contributed by atoms with van der Waals surface area (Å²) < 4.78 is 10.4. The van der Waals surface area contributed by atoms with Crippen LogP contribution in [0.15, 0.2) is 82.0 Å². The third-order valence-electron chi connectivity index (χ3n) is 11.1. The van der Waals surface area contributed by atoms with Gasteiger partial charge in [0.05, 0.1) is 6.54 Å². The molecule has 3 aromatic rings. The van der Waals surface area contributed by atoms with E-state index in [1.54, 1.807) is 39.0 Å². The Hall–Kier alpha value is -6.78. The fourth-order valence-electron chi connectivity index (χ4n) is 7.68. The van der Waals surface area contributed by atoms with Crippen LogP contribution in [0.3, 0.4) is 0 Å². The second-order valence-electron chi connectivity index (χ2n) is 19.0. The first-order chi connectivity index (χ1) is 31.7. The SMILES string of the molecule is Cc1cc(NC(=O)CCC(=O)CNC(=O)CNC(=O)OC(C)(C)C)ccc1-c1ccc(C[C@H](CC(=O)C2CCC(CNC(=O)OC(C)(C)C)CC2)C(=O)Nc2ccc(C3=NCN=N3)cc2)cc1. The number of nitrogens with one attached hydrogen (secondary N) is 5. The molecular formula is C50H64N8O9. The number of carbonyl (C=O) groups is 7. The van der Waals surface area contributed by atoms with Gasteiger partial charge in [0, 0.05) is 54.6 Å². The number of anilines is 2. The maximum Gasteiger partial charge on any atom is 0.408 e. The molecule has 5 amide bonds. The molecular weight excluding hydrogens is 857 g/mol. The molecule has 0 unspecified atom stereocenters. The summed E-state index contributed by atoms with van der Waals surface area (Å²) >= 11 is 0. The van der Waals surface area contributed by atoms with Crippen molar-refractivity contribution in [2.75, 3.05) is 36.9 Å². The lowest BCUT2D eigenvalue weighted by atomic mass is 9.77. The number of hydrogen-bond donors (Lipinski definition) is 5. The summed E-state index contributed by atoms with van der Waals surface area (Å²) in [6.07, 6.45) is 2.02. The molecule has 5 N–H and O–H groups in total. The molecule has 0 bridgehead atoms. The second kappa shape index (κ2) is 23.6. The van der Waals surface area contributed by atoms with Crippen LogP contribution in [0.4, 0.5) is 21.0 Å². The van der Waals surface area contributed by atoms with Gasteiger partial charge in [-0.3, -0.25) is 24.0 Å². The number of Topliss-reactive ketones (excluding diaryl/α,β-unsaturated/α-hetero) is 2. The normalized spacial score (nSPS) is 16.2. The molecule has 0 radical (unpaired) electrons. The number of nitrogens with zero attached hydrogens (tertiary/aromatic N) is 3. The van der Waals surface area contributed by atoms with Gasteiger partial charge in [0.25, 0.3) is 0 Å². The molecule has 3 aromatic carbocycles. The lowest BCUT2D eigenvalue weighted by Crippen LogP contribution is -2.41. The van der Waals surface area contributed by atoms with Crippen molar-refractivity contribution >= 4 is 58.7 Å². The van der Waals surface area contributed by atoms with Crippen molar-refractivity contribution in [1.82, 2.24) is 16.0 Å². The molecule has 17 nitrogen and oxygen atoms in total. The molecule has 5 rings (SSSR count). The van der Waals surface area contributed by atoms with Crippen molar-refractivity contribution in [2.45, 2.75) is 111 Å². The highest BCUT2D eigenvalue weighted by Crippen LogP contribution is 2.32. The number of hydrogen-bond acceptors (Lipinski definition) is 12. The monoisotopic (exact) mass is 920 g/mol. The van der Waals surface area contributed by atoms with E-state index >= 15 is 0 Å². The maximum absolute atomic E-state index is 14.0. The Morgan fingerprint density at radius 3 is 1.93 bits per heavy atom. The summed E-state index contributed by atoms with van der Waals surface area (Å²) in [6, 6.07) is 20.6. The predicted molar refractivity (Wildman–Crippen MR) is 255 cm³/mol. The Morgan fingerprint density at radius 2 is 1.31 bits per heavy atom. The zero-order valence-corrected chi connectivity index (χ0v) is 39.6. The first-order valence-corrected chi connectivity index (χ1v) is 22.8. The van der Waals surface area contributed by atoms with Crippen LogP contribution in [0.25, 0.3) is 11.1 Å². The average molecular weight is 921 g/mol. The van der Waals surface area contributed by atoms with E-state index in [1.165, 1.54) is 0 Å². The molecule has 1 saturated carbocycles. The summed E-state index contributed by atoms with van der Waals surface area (Å²) in [4.78, 5) is 93.1. The minimum absolute atomic E-state index is 0.0553. The zero-order chi connectivity index (χ0) is 48.7. The van der Waals surface area contributed by atoms with Crippen molar-refractivity contribution in [1.29, 1.82) is 0 Å². The summed E-state index contributed by atoms with van der Waals surface area (Å²) in [6.45, 7) is 12.6. The van der Waals surface area contributed by atoms with E-state index in [4.69, 9.17) is 9.47 Å². The Morgan fingerprint density at radius 1 is 0.687 bits per heavy atom. The summed E-state index contributed by atoms with van der Waals surface area (Å²) in [5.41, 5.74) is 4.30. The summed E-state index contributed by atoms with van der Waals surface area (Å²) in [5, 5.41) is 21.4. The number of benzene rings is 3. The van der Waals surface area contributed by atoms with Gasteiger partial charge in [-0.1, -0.05) is 30.3 Å². The number of azo groups is 1. The van der Waals surface area contributed by atoms with Gasteiger partial charge in [0.1, 0.15) is 23.5 Å². The van der Waals surface area contributed by atoms with Crippen LogP contribution in [-0.4, -0.2) is 84.8 Å². The zero-order valence-electron chi connectivity index (χ0n) is 39.6. The molecule has 0 saturated heterocycles. The number of amides is 5. The van der Waals surface area contributed by atoms with Crippen LogP contribution >= 0.6 is 0 Å². The molecule has 2 aliphatic rings. The van der Waals surface area contributed by atoms with Crippen molar-refractivity contribution in [3.05, 3.63) is 83.4 Å². The maximum atomic E-state index is 14.0. The Kier molecular flexibility index (Phi) is 18.0. The van der Waals surface area contributed by atoms with Crippen molar-refractivity contribution < 1.29 is 43.0 Å². The molecule has 1 atom stereocenters. The van der Waals surface area contributed by atoms with Crippen LogP contribution in [-0.2, 0) is 39.9 Å². The Labute approximate surface area is 392 Å². The first kappa shape index (κ1) is 51.2. The summed E-state index contributed by atoms with van der Waals surface area (Å²) in [5.74, 6) is -1.49. The molecule has 1 fully saturated rings.